The van der Waals surface area contributed by atoms with Crippen LogP contribution in [0.2, 0.25) is 0 Å². The van der Waals surface area contributed by atoms with Crippen molar-refractivity contribution in [2.24, 2.45) is 5.92 Å². The first-order valence-electron chi connectivity index (χ1n) is 7.13. The van der Waals surface area contributed by atoms with Crippen LogP contribution in [0.15, 0.2) is 24.5 Å². The predicted octanol–water partition coefficient (Wildman–Crippen LogP) is 2.29. The molecule has 1 unspecified atom stereocenters. The van der Waals surface area contributed by atoms with Crippen molar-refractivity contribution in [1.29, 1.82) is 0 Å². The summed E-state index contributed by atoms with van der Waals surface area (Å²) in [6, 6.07) is 4.20. The van der Waals surface area contributed by atoms with Gasteiger partial charge < -0.3 is 10.2 Å². The van der Waals surface area contributed by atoms with Gasteiger partial charge in [0.25, 0.3) is 0 Å². The van der Waals surface area contributed by atoms with Crippen molar-refractivity contribution in [3.8, 4) is 0 Å². The molecule has 1 fully saturated rings. The number of aromatic nitrogens is 1. The molecule has 2 rings (SSSR count). The van der Waals surface area contributed by atoms with Gasteiger partial charge >= 0.3 is 0 Å². The van der Waals surface area contributed by atoms with E-state index in [1.807, 2.05) is 12.4 Å². The molecular weight excluding hydrogens is 222 g/mol. The van der Waals surface area contributed by atoms with E-state index >= 15 is 0 Å². The van der Waals surface area contributed by atoms with E-state index in [1.165, 1.54) is 50.9 Å². The number of pyridine rings is 1. The van der Waals surface area contributed by atoms with Crippen LogP contribution >= 0.6 is 0 Å². The lowest BCUT2D eigenvalue weighted by Crippen LogP contribution is -2.30. The Morgan fingerprint density at radius 3 is 2.94 bits per heavy atom. The highest BCUT2D eigenvalue weighted by atomic mass is 15.1. The normalized spacial score (nSPS) is 20.2. The van der Waals surface area contributed by atoms with Crippen LogP contribution in [0.5, 0.6) is 0 Å². The van der Waals surface area contributed by atoms with E-state index in [0.29, 0.717) is 0 Å². The molecule has 0 saturated carbocycles. The Kier molecular flexibility index (Phi) is 5.62. The number of rotatable bonds is 6. The highest BCUT2D eigenvalue weighted by molar-refractivity contribution is 5.09. The Morgan fingerprint density at radius 2 is 2.22 bits per heavy atom. The van der Waals surface area contributed by atoms with E-state index in [9.17, 15) is 0 Å². The Bertz CT molecular complexity index is 320. The number of nitrogens with one attached hydrogen (secondary N) is 1. The molecule has 1 aromatic rings. The van der Waals surface area contributed by atoms with Crippen LogP contribution in [0.1, 0.15) is 31.2 Å². The molecule has 2 heterocycles. The van der Waals surface area contributed by atoms with Crippen LogP contribution in [-0.2, 0) is 6.54 Å². The van der Waals surface area contributed by atoms with Gasteiger partial charge in [-0.15, -0.1) is 0 Å². The fourth-order valence-corrected chi connectivity index (χ4v) is 2.70. The van der Waals surface area contributed by atoms with Crippen LogP contribution in [0.3, 0.4) is 0 Å². The molecule has 1 atom stereocenters. The van der Waals surface area contributed by atoms with Gasteiger partial charge in [0.2, 0.25) is 0 Å². The molecule has 18 heavy (non-hydrogen) atoms. The van der Waals surface area contributed by atoms with E-state index in [4.69, 9.17) is 0 Å². The van der Waals surface area contributed by atoms with Crippen LogP contribution in [0.25, 0.3) is 0 Å². The first kappa shape index (κ1) is 13.5. The summed E-state index contributed by atoms with van der Waals surface area (Å²) in [7, 11) is 2.21. The quantitative estimate of drug-likeness (QED) is 0.836. The highest BCUT2D eigenvalue weighted by Gasteiger charge is 2.12. The molecule has 0 aliphatic carbocycles. The van der Waals surface area contributed by atoms with Gasteiger partial charge in [-0.25, -0.2) is 0 Å². The van der Waals surface area contributed by atoms with Crippen molar-refractivity contribution in [1.82, 2.24) is 15.2 Å². The van der Waals surface area contributed by atoms with Crippen LogP contribution in [0, 0.1) is 5.92 Å². The Balaban J connectivity index is 1.61. The minimum atomic E-state index is 0.910. The molecule has 100 valence electrons. The highest BCUT2D eigenvalue weighted by Crippen LogP contribution is 2.16. The third-order valence-electron chi connectivity index (χ3n) is 3.75. The molecule has 0 radical (unpaired) electrons. The maximum Gasteiger partial charge on any atom is 0.0271 e. The number of piperidine rings is 1. The van der Waals surface area contributed by atoms with E-state index in [-0.39, 0.29) is 0 Å². The lowest BCUT2D eigenvalue weighted by Gasteiger charge is -2.24. The zero-order chi connectivity index (χ0) is 12.6. The molecule has 1 aromatic heterocycles. The molecule has 1 N–H and O–H groups in total. The average molecular weight is 247 g/mol. The SMILES string of the molecule is CN(CCCC1CCCNC1)Cc1ccncc1. The summed E-state index contributed by atoms with van der Waals surface area (Å²) >= 11 is 0. The predicted molar refractivity (Wildman–Crippen MR) is 75.4 cm³/mol. The van der Waals surface area contributed by atoms with Crippen molar-refractivity contribution in [2.75, 3.05) is 26.7 Å². The van der Waals surface area contributed by atoms with Crippen molar-refractivity contribution in [3.05, 3.63) is 30.1 Å². The Hall–Kier alpha value is -0.930. The summed E-state index contributed by atoms with van der Waals surface area (Å²) in [5.74, 6) is 0.910. The van der Waals surface area contributed by atoms with Gasteiger partial charge in [-0.05, 0) is 76.0 Å². The number of hydrogen-bond donors (Lipinski definition) is 1. The lowest BCUT2D eigenvalue weighted by molar-refractivity contribution is 0.287. The minimum absolute atomic E-state index is 0.910. The zero-order valence-corrected chi connectivity index (χ0v) is 11.4. The molecule has 3 heteroatoms. The number of nitrogens with zero attached hydrogens (tertiary/aromatic N) is 2. The van der Waals surface area contributed by atoms with Gasteiger partial charge in [-0.3, -0.25) is 4.98 Å². The lowest BCUT2D eigenvalue weighted by atomic mass is 9.95. The van der Waals surface area contributed by atoms with Crippen LogP contribution in [0.4, 0.5) is 0 Å². The second kappa shape index (κ2) is 7.49. The second-order valence-electron chi connectivity index (χ2n) is 5.45. The topological polar surface area (TPSA) is 28.2 Å². The Morgan fingerprint density at radius 1 is 1.39 bits per heavy atom. The third-order valence-corrected chi connectivity index (χ3v) is 3.75. The van der Waals surface area contributed by atoms with Gasteiger partial charge in [0.1, 0.15) is 0 Å². The first-order valence-corrected chi connectivity index (χ1v) is 7.13. The van der Waals surface area contributed by atoms with Gasteiger partial charge in [0.05, 0.1) is 0 Å². The van der Waals surface area contributed by atoms with Gasteiger partial charge in [0, 0.05) is 18.9 Å². The summed E-state index contributed by atoms with van der Waals surface area (Å²) in [5, 5.41) is 3.49. The Labute approximate surface area is 111 Å². The average Bonchev–Trinajstić information content (AvgIpc) is 2.41. The largest absolute Gasteiger partial charge is 0.316 e. The molecule has 0 bridgehead atoms. The van der Waals surface area contributed by atoms with Crippen LogP contribution < -0.4 is 5.32 Å². The van der Waals surface area contributed by atoms with Gasteiger partial charge in [-0.1, -0.05) is 0 Å². The molecule has 0 aromatic carbocycles. The van der Waals surface area contributed by atoms with Gasteiger partial charge in [0.15, 0.2) is 0 Å². The van der Waals surface area contributed by atoms with Crippen molar-refractivity contribution < 1.29 is 0 Å². The molecule has 1 saturated heterocycles. The second-order valence-corrected chi connectivity index (χ2v) is 5.45. The maximum atomic E-state index is 4.05. The minimum Gasteiger partial charge on any atom is -0.316 e. The van der Waals surface area contributed by atoms with Crippen molar-refractivity contribution in [3.63, 3.8) is 0 Å². The van der Waals surface area contributed by atoms with E-state index in [0.717, 1.165) is 12.5 Å². The van der Waals surface area contributed by atoms with Crippen molar-refractivity contribution in [2.45, 2.75) is 32.2 Å². The van der Waals surface area contributed by atoms with Gasteiger partial charge in [-0.2, -0.15) is 0 Å². The maximum absolute atomic E-state index is 4.05. The smallest absolute Gasteiger partial charge is 0.0271 e. The third kappa shape index (κ3) is 4.75. The summed E-state index contributed by atoms with van der Waals surface area (Å²) in [5.41, 5.74) is 1.35. The summed E-state index contributed by atoms with van der Waals surface area (Å²) in [6.45, 7) is 4.68. The summed E-state index contributed by atoms with van der Waals surface area (Å²) in [4.78, 5) is 6.46. The van der Waals surface area contributed by atoms with E-state index in [1.54, 1.807) is 0 Å². The molecule has 1 aliphatic heterocycles. The van der Waals surface area contributed by atoms with E-state index in [2.05, 4.69) is 34.4 Å². The molecule has 3 nitrogen and oxygen atoms in total. The molecular formula is C15H25N3. The fourth-order valence-electron chi connectivity index (χ4n) is 2.70. The van der Waals surface area contributed by atoms with E-state index < -0.39 is 0 Å². The summed E-state index contributed by atoms with van der Waals surface area (Å²) in [6.07, 6.45) is 9.20. The fraction of sp³-hybridized carbons (Fsp3) is 0.667. The monoisotopic (exact) mass is 247 g/mol. The molecule has 0 spiro atoms. The van der Waals surface area contributed by atoms with Crippen LogP contribution in [-0.4, -0.2) is 36.6 Å². The molecule has 0 amide bonds. The molecule has 1 aliphatic rings. The number of hydrogen-bond acceptors (Lipinski definition) is 3. The zero-order valence-electron chi connectivity index (χ0n) is 11.4. The summed E-state index contributed by atoms with van der Waals surface area (Å²) < 4.78 is 0. The standard InChI is InChI=1S/C15H25N3/c1-18(13-15-6-9-16-10-7-15)11-3-5-14-4-2-8-17-12-14/h6-7,9-10,14,17H,2-5,8,11-13H2,1H3. The first-order chi connectivity index (χ1) is 8.84. The van der Waals surface area contributed by atoms with Crippen molar-refractivity contribution >= 4 is 0 Å².